The van der Waals surface area contributed by atoms with E-state index < -0.39 is 11.9 Å². The standard InChI is InChI=1S/C17H23NO4/c1-12(2)22-9-8-16(19)18-10-14(15(11-18)17(20)21)13-6-4-3-5-7-13/h3-7,12,14-15H,8-11H2,1-2H3,(H,20,21). The third-order valence-corrected chi connectivity index (χ3v) is 3.98. The molecule has 0 saturated carbocycles. The van der Waals surface area contributed by atoms with Gasteiger partial charge in [0.05, 0.1) is 25.0 Å². The SMILES string of the molecule is CC(C)OCCC(=O)N1CC(C(=O)O)C(c2ccccc2)C1. The molecule has 120 valence electrons. The molecule has 1 aromatic rings. The number of carboxylic acids is 1. The van der Waals surface area contributed by atoms with Crippen LogP contribution in [0, 0.1) is 5.92 Å². The lowest BCUT2D eigenvalue weighted by Gasteiger charge is -2.17. The summed E-state index contributed by atoms with van der Waals surface area (Å²) in [5.74, 6) is -1.57. The average molecular weight is 305 g/mol. The predicted molar refractivity (Wildman–Crippen MR) is 82.6 cm³/mol. The van der Waals surface area contributed by atoms with Crippen LogP contribution in [0.25, 0.3) is 0 Å². The van der Waals surface area contributed by atoms with Crippen LogP contribution < -0.4 is 0 Å². The zero-order valence-electron chi connectivity index (χ0n) is 13.1. The topological polar surface area (TPSA) is 66.8 Å². The lowest BCUT2D eigenvalue weighted by Crippen LogP contribution is -2.30. The molecule has 1 N–H and O–H groups in total. The number of nitrogens with zero attached hydrogens (tertiary/aromatic N) is 1. The Bertz CT molecular complexity index is 515. The summed E-state index contributed by atoms with van der Waals surface area (Å²) < 4.78 is 5.39. The van der Waals surface area contributed by atoms with Crippen molar-refractivity contribution in [2.24, 2.45) is 5.92 Å². The predicted octanol–water partition coefficient (Wildman–Crippen LogP) is 2.13. The van der Waals surface area contributed by atoms with E-state index in [2.05, 4.69) is 0 Å². The van der Waals surface area contributed by atoms with Gasteiger partial charge in [-0.1, -0.05) is 30.3 Å². The Balaban J connectivity index is 2.01. The van der Waals surface area contributed by atoms with E-state index >= 15 is 0 Å². The molecular weight excluding hydrogens is 282 g/mol. The minimum absolute atomic E-state index is 0.0367. The molecule has 1 amide bonds. The highest BCUT2D eigenvalue weighted by Gasteiger charge is 2.40. The summed E-state index contributed by atoms with van der Waals surface area (Å²) >= 11 is 0. The summed E-state index contributed by atoms with van der Waals surface area (Å²) in [5.41, 5.74) is 0.976. The van der Waals surface area contributed by atoms with Crippen LogP contribution in [0.2, 0.25) is 0 Å². The maximum atomic E-state index is 12.2. The first-order chi connectivity index (χ1) is 10.5. The molecule has 1 heterocycles. The second-order valence-corrected chi connectivity index (χ2v) is 5.93. The Hall–Kier alpha value is -1.88. The first-order valence-electron chi connectivity index (χ1n) is 7.66. The van der Waals surface area contributed by atoms with Gasteiger partial charge in [0.1, 0.15) is 0 Å². The van der Waals surface area contributed by atoms with Gasteiger partial charge < -0.3 is 14.7 Å². The highest BCUT2D eigenvalue weighted by Crippen LogP contribution is 2.33. The number of benzene rings is 1. The number of ether oxygens (including phenoxy) is 1. The fourth-order valence-corrected chi connectivity index (χ4v) is 2.84. The number of aliphatic carboxylic acids is 1. The molecule has 2 atom stereocenters. The van der Waals surface area contributed by atoms with Crippen LogP contribution in [0.3, 0.4) is 0 Å². The largest absolute Gasteiger partial charge is 0.481 e. The van der Waals surface area contributed by atoms with Crippen LogP contribution in [0.4, 0.5) is 0 Å². The van der Waals surface area contributed by atoms with Gasteiger partial charge in [0.25, 0.3) is 0 Å². The van der Waals surface area contributed by atoms with Gasteiger partial charge in [-0.25, -0.2) is 0 Å². The van der Waals surface area contributed by atoms with Gasteiger partial charge in [-0.15, -0.1) is 0 Å². The van der Waals surface area contributed by atoms with E-state index in [1.807, 2.05) is 44.2 Å². The normalized spacial score (nSPS) is 21.3. The van der Waals surface area contributed by atoms with Crippen molar-refractivity contribution in [3.8, 4) is 0 Å². The third kappa shape index (κ3) is 4.07. The number of carbonyl (C=O) groups is 2. The minimum Gasteiger partial charge on any atom is -0.481 e. The zero-order valence-corrected chi connectivity index (χ0v) is 13.1. The molecule has 1 aromatic carbocycles. The molecule has 0 radical (unpaired) electrons. The number of carboxylic acid groups (broad SMARTS) is 1. The maximum Gasteiger partial charge on any atom is 0.308 e. The quantitative estimate of drug-likeness (QED) is 0.874. The number of rotatable bonds is 6. The van der Waals surface area contributed by atoms with Gasteiger partial charge in [-0.05, 0) is 19.4 Å². The van der Waals surface area contributed by atoms with Gasteiger partial charge in [0.15, 0.2) is 0 Å². The summed E-state index contributed by atoms with van der Waals surface area (Å²) in [4.78, 5) is 25.4. The van der Waals surface area contributed by atoms with E-state index in [9.17, 15) is 14.7 Å². The Kier molecular flexibility index (Phi) is 5.55. The molecule has 1 aliphatic heterocycles. The lowest BCUT2D eigenvalue weighted by atomic mass is 9.89. The van der Waals surface area contributed by atoms with Gasteiger partial charge in [0, 0.05) is 19.0 Å². The van der Waals surface area contributed by atoms with Crippen LogP contribution in [-0.2, 0) is 14.3 Å². The molecule has 2 unspecified atom stereocenters. The van der Waals surface area contributed by atoms with Crippen molar-refractivity contribution in [2.75, 3.05) is 19.7 Å². The average Bonchev–Trinajstić information content (AvgIpc) is 2.93. The van der Waals surface area contributed by atoms with Crippen molar-refractivity contribution in [2.45, 2.75) is 32.3 Å². The summed E-state index contributed by atoms with van der Waals surface area (Å²) in [7, 11) is 0. The maximum absolute atomic E-state index is 12.2. The third-order valence-electron chi connectivity index (χ3n) is 3.98. The molecule has 0 spiro atoms. The number of carbonyl (C=O) groups excluding carboxylic acids is 1. The van der Waals surface area contributed by atoms with Gasteiger partial charge >= 0.3 is 5.97 Å². The van der Waals surface area contributed by atoms with Crippen LogP contribution in [-0.4, -0.2) is 47.7 Å². The highest BCUT2D eigenvalue weighted by molar-refractivity contribution is 5.79. The van der Waals surface area contributed by atoms with Crippen LogP contribution in [0.5, 0.6) is 0 Å². The molecule has 1 aliphatic rings. The smallest absolute Gasteiger partial charge is 0.308 e. The lowest BCUT2D eigenvalue weighted by molar-refractivity contribution is -0.141. The Labute approximate surface area is 130 Å². The van der Waals surface area contributed by atoms with Crippen molar-refractivity contribution < 1.29 is 19.4 Å². The molecular formula is C17H23NO4. The molecule has 0 bridgehead atoms. The van der Waals surface area contributed by atoms with Crippen molar-refractivity contribution in [3.05, 3.63) is 35.9 Å². The Morgan fingerprint density at radius 3 is 2.55 bits per heavy atom. The molecule has 0 aromatic heterocycles. The van der Waals surface area contributed by atoms with Gasteiger partial charge in [0.2, 0.25) is 5.91 Å². The van der Waals surface area contributed by atoms with Gasteiger partial charge in [-0.3, -0.25) is 9.59 Å². The zero-order chi connectivity index (χ0) is 16.1. The van der Waals surface area contributed by atoms with Crippen molar-refractivity contribution in [1.29, 1.82) is 0 Å². The summed E-state index contributed by atoms with van der Waals surface area (Å²) in [6.07, 6.45) is 0.390. The second kappa shape index (κ2) is 7.40. The first-order valence-corrected chi connectivity index (χ1v) is 7.66. The number of likely N-dealkylation sites (tertiary alicyclic amines) is 1. The summed E-state index contributed by atoms with van der Waals surface area (Å²) in [5, 5.41) is 9.43. The first kappa shape index (κ1) is 16.5. The second-order valence-electron chi connectivity index (χ2n) is 5.93. The van der Waals surface area contributed by atoms with Crippen molar-refractivity contribution >= 4 is 11.9 Å². The van der Waals surface area contributed by atoms with Gasteiger partial charge in [-0.2, -0.15) is 0 Å². The van der Waals surface area contributed by atoms with Crippen molar-refractivity contribution in [1.82, 2.24) is 4.90 Å². The minimum atomic E-state index is -0.845. The summed E-state index contributed by atoms with van der Waals surface area (Å²) in [6.45, 7) is 4.95. The molecule has 0 aliphatic carbocycles. The summed E-state index contributed by atoms with van der Waals surface area (Å²) in [6, 6.07) is 9.55. The Morgan fingerprint density at radius 1 is 1.27 bits per heavy atom. The van der Waals surface area contributed by atoms with E-state index in [0.29, 0.717) is 19.6 Å². The fourth-order valence-electron chi connectivity index (χ4n) is 2.84. The Morgan fingerprint density at radius 2 is 1.95 bits per heavy atom. The molecule has 2 rings (SSSR count). The van der Waals surface area contributed by atoms with E-state index in [1.165, 1.54) is 0 Å². The van der Waals surface area contributed by atoms with E-state index in [-0.39, 0.29) is 24.5 Å². The molecule has 1 fully saturated rings. The monoisotopic (exact) mass is 305 g/mol. The molecule has 1 saturated heterocycles. The number of hydrogen-bond acceptors (Lipinski definition) is 3. The number of amides is 1. The van der Waals surface area contributed by atoms with Crippen LogP contribution in [0.15, 0.2) is 30.3 Å². The van der Waals surface area contributed by atoms with Crippen molar-refractivity contribution in [3.63, 3.8) is 0 Å². The van der Waals surface area contributed by atoms with Crippen LogP contribution in [0.1, 0.15) is 31.7 Å². The van der Waals surface area contributed by atoms with Crippen LogP contribution >= 0.6 is 0 Å². The molecule has 5 nitrogen and oxygen atoms in total. The van der Waals surface area contributed by atoms with E-state index in [0.717, 1.165) is 5.56 Å². The molecule has 5 heteroatoms. The number of hydrogen-bond donors (Lipinski definition) is 1. The fraction of sp³-hybridized carbons (Fsp3) is 0.529. The highest BCUT2D eigenvalue weighted by atomic mass is 16.5. The molecule has 22 heavy (non-hydrogen) atoms. The van der Waals surface area contributed by atoms with E-state index in [4.69, 9.17) is 4.74 Å². The van der Waals surface area contributed by atoms with E-state index in [1.54, 1.807) is 4.90 Å².